The van der Waals surface area contributed by atoms with Crippen LogP contribution >= 0.6 is 0 Å². The van der Waals surface area contributed by atoms with Crippen molar-refractivity contribution in [2.24, 2.45) is 17.1 Å². The predicted molar refractivity (Wildman–Crippen MR) is 182 cm³/mol. The van der Waals surface area contributed by atoms with Crippen LogP contribution in [0.25, 0.3) is 0 Å². The standard InChI is InChI=1S/C33H55N5O8S/c1-7-8-20-47(44,45)21-11-9-10-14-27(39)38-28(23(2)3)30(41)37-26(13-12-19-35-32(34)43)29(40)36-25-17-15-24(16-18-25)22-46-31(42)33(4,5)6/h15-18,23,26,28H,7-14,19-22H2,1-6H3,(H,36,40)(H,37,41)(H,38,39)(H3,34,35,43). The van der Waals surface area contributed by atoms with E-state index in [0.717, 1.165) is 12.0 Å². The van der Waals surface area contributed by atoms with Gasteiger partial charge < -0.3 is 31.7 Å². The molecule has 0 heterocycles. The van der Waals surface area contributed by atoms with Crippen LogP contribution in [-0.2, 0) is 40.4 Å². The SMILES string of the molecule is CCCCS(=O)(=O)CCCCCC(=O)NC(C(=O)NC(CCCNC(N)=O)C(=O)Nc1ccc(COC(=O)C(C)(C)C)cc1)C(C)C. The molecule has 0 bridgehead atoms. The van der Waals surface area contributed by atoms with Crippen molar-refractivity contribution >= 4 is 45.2 Å². The molecule has 0 spiro atoms. The second kappa shape index (κ2) is 20.5. The number of esters is 1. The van der Waals surface area contributed by atoms with Crippen molar-refractivity contribution in [3.63, 3.8) is 0 Å². The molecule has 14 heteroatoms. The summed E-state index contributed by atoms with van der Waals surface area (Å²) in [6, 6.07) is 4.14. The Morgan fingerprint density at radius 2 is 1.51 bits per heavy atom. The largest absolute Gasteiger partial charge is 0.460 e. The summed E-state index contributed by atoms with van der Waals surface area (Å²) in [5.74, 6) is -1.71. The van der Waals surface area contributed by atoms with E-state index in [1.165, 1.54) is 0 Å². The third kappa shape index (κ3) is 17.7. The quantitative estimate of drug-likeness (QED) is 0.0957. The van der Waals surface area contributed by atoms with Crippen LogP contribution < -0.4 is 27.0 Å². The van der Waals surface area contributed by atoms with Crippen LogP contribution in [0.15, 0.2) is 24.3 Å². The Hall–Kier alpha value is -3.68. The van der Waals surface area contributed by atoms with Crippen LogP contribution in [-0.4, -0.2) is 68.3 Å². The molecule has 0 fully saturated rings. The molecule has 13 nitrogen and oxygen atoms in total. The first-order chi connectivity index (χ1) is 21.9. The van der Waals surface area contributed by atoms with E-state index >= 15 is 0 Å². The highest BCUT2D eigenvalue weighted by Crippen LogP contribution is 2.18. The average molecular weight is 682 g/mol. The van der Waals surface area contributed by atoms with Crippen LogP contribution in [0, 0.1) is 11.3 Å². The van der Waals surface area contributed by atoms with Gasteiger partial charge in [0, 0.05) is 18.7 Å². The molecule has 0 saturated heterocycles. The van der Waals surface area contributed by atoms with Crippen LogP contribution in [0.3, 0.4) is 0 Å². The summed E-state index contributed by atoms with van der Waals surface area (Å²) in [6.45, 7) is 11.1. The number of primary amides is 1. The van der Waals surface area contributed by atoms with Gasteiger partial charge in [-0.2, -0.15) is 0 Å². The fraction of sp³-hybridized carbons (Fsp3) is 0.667. The third-order valence-corrected chi connectivity index (χ3v) is 9.06. The van der Waals surface area contributed by atoms with E-state index in [9.17, 15) is 32.4 Å². The van der Waals surface area contributed by atoms with Crippen molar-refractivity contribution in [2.45, 2.75) is 112 Å². The summed E-state index contributed by atoms with van der Waals surface area (Å²) in [4.78, 5) is 62.5. The van der Waals surface area contributed by atoms with Gasteiger partial charge in [0.1, 0.15) is 28.5 Å². The highest BCUT2D eigenvalue weighted by molar-refractivity contribution is 7.91. The van der Waals surface area contributed by atoms with Crippen molar-refractivity contribution < 1.29 is 37.1 Å². The second-order valence-electron chi connectivity index (χ2n) is 13.1. The highest BCUT2D eigenvalue weighted by Gasteiger charge is 2.29. The summed E-state index contributed by atoms with van der Waals surface area (Å²) < 4.78 is 29.4. The molecule has 2 atom stereocenters. The third-order valence-electron chi connectivity index (χ3n) is 7.24. The Bertz CT molecular complexity index is 1280. The fourth-order valence-electron chi connectivity index (χ4n) is 4.36. The lowest BCUT2D eigenvalue weighted by Gasteiger charge is -2.25. The number of nitrogens with two attached hydrogens (primary N) is 1. The first kappa shape index (κ1) is 41.3. The van der Waals surface area contributed by atoms with E-state index in [-0.39, 0.29) is 55.3 Å². The van der Waals surface area contributed by atoms with E-state index in [1.54, 1.807) is 58.9 Å². The van der Waals surface area contributed by atoms with Crippen molar-refractivity contribution in [1.82, 2.24) is 16.0 Å². The maximum atomic E-state index is 13.3. The van der Waals surface area contributed by atoms with E-state index in [2.05, 4.69) is 21.3 Å². The molecule has 0 radical (unpaired) electrons. The molecule has 1 rings (SSSR count). The zero-order chi connectivity index (χ0) is 35.6. The molecule has 6 N–H and O–H groups in total. The molecule has 266 valence electrons. The molecular formula is C33H55N5O8S. The number of benzene rings is 1. The number of nitrogens with one attached hydrogen (secondary N) is 4. The van der Waals surface area contributed by atoms with Crippen molar-refractivity contribution in [2.75, 3.05) is 23.4 Å². The zero-order valence-electron chi connectivity index (χ0n) is 28.8. The summed E-state index contributed by atoms with van der Waals surface area (Å²) in [7, 11) is -3.08. The lowest BCUT2D eigenvalue weighted by Crippen LogP contribution is -2.54. The van der Waals surface area contributed by atoms with Gasteiger partial charge in [-0.25, -0.2) is 13.2 Å². The van der Waals surface area contributed by atoms with Gasteiger partial charge in [0.25, 0.3) is 0 Å². The van der Waals surface area contributed by atoms with Gasteiger partial charge in [-0.3, -0.25) is 19.2 Å². The monoisotopic (exact) mass is 681 g/mol. The van der Waals surface area contributed by atoms with Gasteiger partial charge in [-0.1, -0.05) is 45.7 Å². The van der Waals surface area contributed by atoms with E-state index in [0.29, 0.717) is 37.8 Å². The van der Waals surface area contributed by atoms with Gasteiger partial charge in [-0.05, 0) is 76.5 Å². The van der Waals surface area contributed by atoms with Gasteiger partial charge in [0.05, 0.1) is 16.9 Å². The van der Waals surface area contributed by atoms with Crippen LogP contribution in [0.1, 0.15) is 98.5 Å². The molecule has 1 aromatic carbocycles. The first-order valence-corrected chi connectivity index (χ1v) is 18.2. The molecule has 0 aliphatic carbocycles. The van der Waals surface area contributed by atoms with Crippen LogP contribution in [0.5, 0.6) is 0 Å². The first-order valence-electron chi connectivity index (χ1n) is 16.4. The Balaban J connectivity index is 2.81. The van der Waals surface area contributed by atoms with Crippen molar-refractivity contribution in [3.05, 3.63) is 29.8 Å². The molecule has 0 aromatic heterocycles. The Labute approximate surface area is 279 Å². The molecule has 1 aromatic rings. The van der Waals surface area contributed by atoms with Gasteiger partial charge >= 0.3 is 12.0 Å². The molecular weight excluding hydrogens is 626 g/mol. The number of amides is 5. The molecule has 0 aliphatic rings. The summed E-state index contributed by atoms with van der Waals surface area (Å²) in [5, 5.41) is 10.7. The maximum absolute atomic E-state index is 13.3. The van der Waals surface area contributed by atoms with Crippen molar-refractivity contribution in [3.8, 4) is 0 Å². The number of unbranched alkanes of at least 4 members (excludes halogenated alkanes) is 3. The number of sulfone groups is 1. The fourth-order valence-corrected chi connectivity index (χ4v) is 5.93. The smallest absolute Gasteiger partial charge is 0.312 e. The number of hydrogen-bond acceptors (Lipinski definition) is 8. The minimum absolute atomic E-state index is 0.0825. The summed E-state index contributed by atoms with van der Waals surface area (Å²) in [6.07, 6.45) is 3.64. The Morgan fingerprint density at radius 1 is 0.872 bits per heavy atom. The van der Waals surface area contributed by atoms with Gasteiger partial charge in [-0.15, -0.1) is 0 Å². The number of urea groups is 1. The topological polar surface area (TPSA) is 203 Å². The normalized spacial score (nSPS) is 12.9. The minimum Gasteiger partial charge on any atom is -0.460 e. The maximum Gasteiger partial charge on any atom is 0.312 e. The molecule has 5 amide bonds. The number of carbonyl (C=O) groups excluding carboxylic acids is 5. The number of carbonyl (C=O) groups is 5. The predicted octanol–water partition coefficient (Wildman–Crippen LogP) is 3.56. The van der Waals surface area contributed by atoms with E-state index in [4.69, 9.17) is 10.5 Å². The lowest BCUT2D eigenvalue weighted by atomic mass is 9.97. The number of hydrogen-bond donors (Lipinski definition) is 5. The molecule has 47 heavy (non-hydrogen) atoms. The van der Waals surface area contributed by atoms with E-state index < -0.39 is 45.2 Å². The van der Waals surface area contributed by atoms with Gasteiger partial charge in [0.2, 0.25) is 17.7 Å². The number of ether oxygens (including phenoxy) is 1. The van der Waals surface area contributed by atoms with Gasteiger partial charge in [0.15, 0.2) is 0 Å². The van der Waals surface area contributed by atoms with E-state index in [1.807, 2.05) is 6.92 Å². The second-order valence-corrected chi connectivity index (χ2v) is 15.4. The van der Waals surface area contributed by atoms with Crippen molar-refractivity contribution in [1.29, 1.82) is 0 Å². The average Bonchev–Trinajstić information content (AvgIpc) is 2.98. The molecule has 0 saturated carbocycles. The van der Waals surface area contributed by atoms with Crippen LogP contribution in [0.4, 0.5) is 10.5 Å². The Kier molecular flexibility index (Phi) is 18.1. The minimum atomic E-state index is -3.08. The lowest BCUT2D eigenvalue weighted by molar-refractivity contribution is -0.154. The highest BCUT2D eigenvalue weighted by atomic mass is 32.2. The Morgan fingerprint density at radius 3 is 2.09 bits per heavy atom. The number of rotatable bonds is 21. The summed E-state index contributed by atoms with van der Waals surface area (Å²) >= 11 is 0. The van der Waals surface area contributed by atoms with Crippen LogP contribution in [0.2, 0.25) is 0 Å². The zero-order valence-corrected chi connectivity index (χ0v) is 29.6. The number of anilines is 1. The molecule has 2 unspecified atom stereocenters. The molecule has 0 aliphatic heterocycles. The summed E-state index contributed by atoms with van der Waals surface area (Å²) in [5.41, 5.74) is 5.70.